The first-order valence-electron chi connectivity index (χ1n) is 7.87. The van der Waals surface area contributed by atoms with Crippen LogP contribution in [0.2, 0.25) is 0 Å². The first-order chi connectivity index (χ1) is 12.1. The van der Waals surface area contributed by atoms with Gasteiger partial charge in [-0.15, -0.1) is 10.2 Å². The number of hydrogen-bond donors (Lipinski definition) is 0. The highest BCUT2D eigenvalue weighted by molar-refractivity contribution is 5.55. The average Bonchev–Trinajstić information content (AvgIpc) is 3.23. The molecule has 0 saturated heterocycles. The van der Waals surface area contributed by atoms with Gasteiger partial charge in [0.25, 0.3) is 5.89 Å². The third-order valence-corrected chi connectivity index (χ3v) is 3.69. The summed E-state index contributed by atoms with van der Waals surface area (Å²) in [4.78, 5) is 5.56. The summed E-state index contributed by atoms with van der Waals surface area (Å²) in [6.45, 7) is 7.58. The molecule has 0 aliphatic carbocycles. The maximum absolute atomic E-state index is 12.8. The zero-order valence-electron chi connectivity index (χ0n) is 14.6. The maximum Gasteiger partial charge on any atom is 0.416 e. The first-order valence-corrected chi connectivity index (χ1v) is 7.87. The minimum Gasteiger partial charge on any atom is -0.337 e. The van der Waals surface area contributed by atoms with Crippen molar-refractivity contribution in [2.75, 3.05) is 0 Å². The molecular formula is C16H17F3N6O. The predicted octanol–water partition coefficient (Wildman–Crippen LogP) is 3.65. The third kappa shape index (κ3) is 3.58. The number of hydrogen-bond acceptors (Lipinski definition) is 6. The summed E-state index contributed by atoms with van der Waals surface area (Å²) in [5, 5.41) is 15.8. The smallest absolute Gasteiger partial charge is 0.337 e. The van der Waals surface area contributed by atoms with Crippen LogP contribution in [0.4, 0.5) is 13.2 Å². The van der Waals surface area contributed by atoms with Crippen LogP contribution in [0.3, 0.4) is 0 Å². The number of halogens is 3. The summed E-state index contributed by atoms with van der Waals surface area (Å²) < 4.78 is 43.8. The fraction of sp³-hybridized carbons (Fsp3) is 0.438. The SMILES string of the molecule is CC(c1nc(C(C)(C)C)no1)n1nnc(-c2cccc(C(F)(F)F)c2)n1. The van der Waals surface area contributed by atoms with Gasteiger partial charge in [0.1, 0.15) is 6.04 Å². The largest absolute Gasteiger partial charge is 0.416 e. The van der Waals surface area contributed by atoms with Crippen LogP contribution in [0.5, 0.6) is 0 Å². The van der Waals surface area contributed by atoms with Crippen molar-refractivity contribution in [2.45, 2.75) is 45.3 Å². The molecule has 0 amide bonds. The molecule has 10 heteroatoms. The van der Waals surface area contributed by atoms with E-state index in [4.69, 9.17) is 4.52 Å². The number of rotatable bonds is 3. The Morgan fingerprint density at radius 2 is 1.88 bits per heavy atom. The lowest BCUT2D eigenvalue weighted by molar-refractivity contribution is -0.137. The highest BCUT2D eigenvalue weighted by atomic mass is 19.4. The van der Waals surface area contributed by atoms with Crippen LogP contribution in [-0.2, 0) is 11.6 Å². The van der Waals surface area contributed by atoms with Gasteiger partial charge in [-0.3, -0.25) is 0 Å². The Labute approximate surface area is 147 Å². The van der Waals surface area contributed by atoms with Crippen LogP contribution in [-0.4, -0.2) is 30.3 Å². The van der Waals surface area contributed by atoms with Crippen molar-refractivity contribution in [1.82, 2.24) is 30.3 Å². The molecule has 1 aromatic carbocycles. The van der Waals surface area contributed by atoms with Crippen molar-refractivity contribution in [3.05, 3.63) is 41.5 Å². The van der Waals surface area contributed by atoms with E-state index >= 15 is 0 Å². The van der Waals surface area contributed by atoms with Gasteiger partial charge < -0.3 is 4.52 Å². The molecule has 1 atom stereocenters. The lowest BCUT2D eigenvalue weighted by Crippen LogP contribution is -2.15. The van der Waals surface area contributed by atoms with E-state index in [1.165, 1.54) is 16.9 Å². The summed E-state index contributed by atoms with van der Waals surface area (Å²) in [6, 6.07) is 4.26. The summed E-state index contributed by atoms with van der Waals surface area (Å²) in [6.07, 6.45) is -4.44. The molecule has 26 heavy (non-hydrogen) atoms. The van der Waals surface area contributed by atoms with Gasteiger partial charge in [0.2, 0.25) is 5.82 Å². The molecule has 138 valence electrons. The zero-order valence-corrected chi connectivity index (χ0v) is 14.6. The van der Waals surface area contributed by atoms with Crippen LogP contribution in [0.25, 0.3) is 11.4 Å². The topological polar surface area (TPSA) is 82.5 Å². The summed E-state index contributed by atoms with van der Waals surface area (Å²) in [5.41, 5.74) is -0.828. The molecule has 0 N–H and O–H groups in total. The molecule has 2 heterocycles. The zero-order chi connectivity index (χ0) is 19.1. The van der Waals surface area contributed by atoms with Gasteiger partial charge in [-0.05, 0) is 24.3 Å². The Morgan fingerprint density at radius 1 is 1.15 bits per heavy atom. The maximum atomic E-state index is 12.8. The lowest BCUT2D eigenvalue weighted by Gasteiger charge is -2.11. The summed E-state index contributed by atoms with van der Waals surface area (Å²) >= 11 is 0. The van der Waals surface area contributed by atoms with Gasteiger partial charge in [-0.1, -0.05) is 38.1 Å². The number of tetrazole rings is 1. The number of alkyl halides is 3. The van der Waals surface area contributed by atoms with Gasteiger partial charge in [-0.25, -0.2) is 0 Å². The third-order valence-electron chi connectivity index (χ3n) is 3.69. The Hall–Kier alpha value is -2.78. The van der Waals surface area contributed by atoms with Gasteiger partial charge in [0.15, 0.2) is 5.82 Å². The molecule has 0 saturated carbocycles. The van der Waals surface area contributed by atoms with E-state index in [0.29, 0.717) is 11.7 Å². The first kappa shape index (κ1) is 18.0. The van der Waals surface area contributed by atoms with Crippen LogP contribution in [0.15, 0.2) is 28.8 Å². The normalized spacial score (nSPS) is 13.8. The molecule has 3 rings (SSSR count). The number of aromatic nitrogens is 6. The highest BCUT2D eigenvalue weighted by Gasteiger charge is 2.31. The molecule has 0 bridgehead atoms. The van der Waals surface area contributed by atoms with Crippen molar-refractivity contribution in [2.24, 2.45) is 0 Å². The van der Waals surface area contributed by atoms with Crippen molar-refractivity contribution in [1.29, 1.82) is 0 Å². The van der Waals surface area contributed by atoms with Gasteiger partial charge >= 0.3 is 6.18 Å². The van der Waals surface area contributed by atoms with E-state index in [2.05, 4.69) is 25.6 Å². The minimum absolute atomic E-state index is 0.0820. The van der Waals surface area contributed by atoms with Gasteiger partial charge in [0.05, 0.1) is 5.56 Å². The molecule has 2 aromatic heterocycles. The monoisotopic (exact) mass is 366 g/mol. The number of nitrogens with zero attached hydrogens (tertiary/aromatic N) is 6. The second-order valence-corrected chi connectivity index (χ2v) is 6.89. The molecule has 0 aliphatic rings. The quantitative estimate of drug-likeness (QED) is 0.704. The highest BCUT2D eigenvalue weighted by Crippen LogP contribution is 2.31. The fourth-order valence-corrected chi connectivity index (χ4v) is 2.15. The van der Waals surface area contributed by atoms with E-state index in [0.717, 1.165) is 12.1 Å². The van der Waals surface area contributed by atoms with E-state index in [-0.39, 0.29) is 16.8 Å². The van der Waals surface area contributed by atoms with E-state index in [9.17, 15) is 13.2 Å². The van der Waals surface area contributed by atoms with Crippen molar-refractivity contribution < 1.29 is 17.7 Å². The lowest BCUT2D eigenvalue weighted by atomic mass is 9.96. The predicted molar refractivity (Wildman–Crippen MR) is 85.1 cm³/mol. The molecule has 3 aromatic rings. The van der Waals surface area contributed by atoms with Crippen LogP contribution in [0.1, 0.15) is 51.0 Å². The second-order valence-electron chi connectivity index (χ2n) is 6.89. The average molecular weight is 366 g/mol. The fourth-order valence-electron chi connectivity index (χ4n) is 2.15. The van der Waals surface area contributed by atoms with Gasteiger partial charge in [-0.2, -0.15) is 23.0 Å². The summed E-state index contributed by atoms with van der Waals surface area (Å²) in [5.74, 6) is 0.916. The molecule has 7 nitrogen and oxygen atoms in total. The number of benzene rings is 1. The molecule has 0 radical (unpaired) electrons. The molecule has 0 aliphatic heterocycles. The standard InChI is InChI=1S/C16H17F3N6O/c1-9(13-20-14(23-26-13)15(2,3)4)25-22-12(21-24-25)10-6-5-7-11(8-10)16(17,18)19/h5-9H,1-4H3. The minimum atomic E-state index is -4.44. The second kappa shape index (κ2) is 6.19. The van der Waals surface area contributed by atoms with Crippen LogP contribution >= 0.6 is 0 Å². The Morgan fingerprint density at radius 3 is 2.50 bits per heavy atom. The van der Waals surface area contributed by atoms with E-state index in [1.807, 2.05) is 20.8 Å². The Bertz CT molecular complexity index is 909. The molecule has 0 fully saturated rings. The van der Waals surface area contributed by atoms with Crippen molar-refractivity contribution in [3.8, 4) is 11.4 Å². The molecular weight excluding hydrogens is 349 g/mol. The van der Waals surface area contributed by atoms with E-state index in [1.54, 1.807) is 6.92 Å². The van der Waals surface area contributed by atoms with Crippen LogP contribution < -0.4 is 0 Å². The van der Waals surface area contributed by atoms with Crippen molar-refractivity contribution >= 4 is 0 Å². The summed E-state index contributed by atoms with van der Waals surface area (Å²) in [7, 11) is 0. The molecule has 0 spiro atoms. The Balaban J connectivity index is 1.87. The Kier molecular flexibility index (Phi) is 4.29. The molecule has 1 unspecified atom stereocenters. The van der Waals surface area contributed by atoms with Gasteiger partial charge in [0, 0.05) is 11.0 Å². The van der Waals surface area contributed by atoms with Crippen LogP contribution in [0, 0.1) is 0 Å². The van der Waals surface area contributed by atoms with Crippen molar-refractivity contribution in [3.63, 3.8) is 0 Å². The van der Waals surface area contributed by atoms with E-state index < -0.39 is 17.8 Å².